The van der Waals surface area contributed by atoms with Crippen LogP contribution in [0.3, 0.4) is 0 Å². The number of piperazine rings is 1. The molecule has 0 aromatic rings. The fourth-order valence-corrected chi connectivity index (χ4v) is 1.90. The standard InChI is InChI=1S/C12H22N2O3/c1-11(2,3)17-10(16)14-7-6-13-9-12(14,4)5-8-15/h8,13H,5-7,9H2,1-4H3. The van der Waals surface area contributed by atoms with Crippen molar-refractivity contribution in [2.75, 3.05) is 19.6 Å². The molecule has 1 rings (SSSR count). The van der Waals surface area contributed by atoms with Gasteiger partial charge in [-0.05, 0) is 27.7 Å². The Morgan fingerprint density at radius 2 is 2.18 bits per heavy atom. The molecular weight excluding hydrogens is 220 g/mol. The summed E-state index contributed by atoms with van der Waals surface area (Å²) in [6.07, 6.45) is 0.826. The SMILES string of the molecule is CC(C)(C)OC(=O)N1CCNCC1(C)CC=O. The van der Waals surface area contributed by atoms with Gasteiger partial charge in [0.2, 0.25) is 0 Å². The summed E-state index contributed by atoms with van der Waals surface area (Å²) in [6.45, 7) is 9.33. The van der Waals surface area contributed by atoms with E-state index in [4.69, 9.17) is 4.74 Å². The molecule has 98 valence electrons. The van der Waals surface area contributed by atoms with Gasteiger partial charge in [0.05, 0.1) is 5.54 Å². The van der Waals surface area contributed by atoms with Crippen LogP contribution in [0.4, 0.5) is 4.79 Å². The Kier molecular flexibility index (Phi) is 4.14. The summed E-state index contributed by atoms with van der Waals surface area (Å²) >= 11 is 0. The van der Waals surface area contributed by atoms with Crippen LogP contribution < -0.4 is 5.32 Å². The largest absolute Gasteiger partial charge is 0.444 e. The van der Waals surface area contributed by atoms with Gasteiger partial charge in [-0.1, -0.05) is 0 Å². The Labute approximate surface area is 102 Å². The number of rotatable bonds is 2. The van der Waals surface area contributed by atoms with E-state index in [1.807, 2.05) is 27.7 Å². The summed E-state index contributed by atoms with van der Waals surface area (Å²) in [5, 5.41) is 3.20. The molecule has 0 spiro atoms. The van der Waals surface area contributed by atoms with Crippen LogP contribution in [0.15, 0.2) is 0 Å². The lowest BCUT2D eigenvalue weighted by molar-refractivity contribution is -0.110. The van der Waals surface area contributed by atoms with Gasteiger partial charge in [0.15, 0.2) is 0 Å². The molecule has 1 fully saturated rings. The number of nitrogens with one attached hydrogen (secondary N) is 1. The zero-order valence-electron chi connectivity index (χ0n) is 11.1. The summed E-state index contributed by atoms with van der Waals surface area (Å²) in [4.78, 5) is 24.4. The number of hydrogen-bond donors (Lipinski definition) is 1. The van der Waals surface area contributed by atoms with Gasteiger partial charge in [-0.25, -0.2) is 4.79 Å². The number of carbonyl (C=O) groups is 2. The van der Waals surface area contributed by atoms with E-state index in [1.165, 1.54) is 0 Å². The van der Waals surface area contributed by atoms with E-state index >= 15 is 0 Å². The number of hydrogen-bond acceptors (Lipinski definition) is 4. The fourth-order valence-electron chi connectivity index (χ4n) is 1.90. The average molecular weight is 242 g/mol. The molecule has 1 aliphatic heterocycles. The van der Waals surface area contributed by atoms with Crippen molar-refractivity contribution in [3.63, 3.8) is 0 Å². The van der Waals surface area contributed by atoms with Crippen molar-refractivity contribution in [3.05, 3.63) is 0 Å². The second-order valence-corrected chi connectivity index (χ2v) is 5.68. The van der Waals surface area contributed by atoms with E-state index in [1.54, 1.807) is 4.90 Å². The maximum absolute atomic E-state index is 12.1. The molecule has 1 saturated heterocycles. The van der Waals surface area contributed by atoms with Crippen LogP contribution in [0.25, 0.3) is 0 Å². The Hall–Kier alpha value is -1.10. The molecule has 1 heterocycles. The molecule has 0 aromatic heterocycles. The summed E-state index contributed by atoms with van der Waals surface area (Å²) in [5.74, 6) is 0. The second-order valence-electron chi connectivity index (χ2n) is 5.68. The van der Waals surface area contributed by atoms with Crippen molar-refractivity contribution in [1.29, 1.82) is 0 Å². The molecule has 17 heavy (non-hydrogen) atoms. The summed E-state index contributed by atoms with van der Waals surface area (Å²) < 4.78 is 5.36. The zero-order valence-corrected chi connectivity index (χ0v) is 11.1. The molecule has 0 aliphatic carbocycles. The van der Waals surface area contributed by atoms with Crippen molar-refractivity contribution < 1.29 is 14.3 Å². The number of nitrogens with zero attached hydrogens (tertiary/aromatic N) is 1. The fraction of sp³-hybridized carbons (Fsp3) is 0.833. The van der Waals surface area contributed by atoms with E-state index in [0.29, 0.717) is 19.5 Å². The maximum atomic E-state index is 12.1. The topological polar surface area (TPSA) is 58.6 Å². The number of carbonyl (C=O) groups excluding carboxylic acids is 2. The number of amides is 1. The van der Waals surface area contributed by atoms with Gasteiger partial charge < -0.3 is 14.8 Å². The maximum Gasteiger partial charge on any atom is 0.410 e. The van der Waals surface area contributed by atoms with Gasteiger partial charge in [0.1, 0.15) is 11.9 Å². The lowest BCUT2D eigenvalue weighted by atomic mass is 9.94. The lowest BCUT2D eigenvalue weighted by Crippen LogP contribution is -2.62. The predicted octanol–water partition coefficient (Wildman–Crippen LogP) is 1.17. The first-order valence-electron chi connectivity index (χ1n) is 5.93. The summed E-state index contributed by atoms with van der Waals surface area (Å²) in [6, 6.07) is 0. The van der Waals surface area contributed by atoms with Crippen molar-refractivity contribution in [2.24, 2.45) is 0 Å². The molecule has 1 N–H and O–H groups in total. The van der Waals surface area contributed by atoms with Crippen LogP contribution in [-0.4, -0.2) is 48.1 Å². The molecule has 0 saturated carbocycles. The smallest absolute Gasteiger partial charge is 0.410 e. The third kappa shape index (κ3) is 3.70. The van der Waals surface area contributed by atoms with Gasteiger partial charge >= 0.3 is 6.09 Å². The van der Waals surface area contributed by atoms with Crippen LogP contribution in [0.5, 0.6) is 0 Å². The Balaban J connectivity index is 2.77. The van der Waals surface area contributed by atoms with E-state index in [2.05, 4.69) is 5.32 Å². The lowest BCUT2D eigenvalue weighted by Gasteiger charge is -2.44. The van der Waals surface area contributed by atoms with Crippen LogP contribution in [0.1, 0.15) is 34.1 Å². The van der Waals surface area contributed by atoms with Crippen LogP contribution in [-0.2, 0) is 9.53 Å². The average Bonchev–Trinajstić information content (AvgIpc) is 2.15. The molecule has 0 aromatic carbocycles. The first kappa shape index (κ1) is 14.0. The molecule has 1 aliphatic rings. The summed E-state index contributed by atoms with van der Waals surface area (Å²) in [7, 11) is 0. The minimum Gasteiger partial charge on any atom is -0.444 e. The third-order valence-electron chi connectivity index (χ3n) is 2.81. The van der Waals surface area contributed by atoms with Crippen molar-refractivity contribution >= 4 is 12.4 Å². The second kappa shape index (κ2) is 5.04. The van der Waals surface area contributed by atoms with Crippen LogP contribution in [0.2, 0.25) is 0 Å². The summed E-state index contributed by atoms with van der Waals surface area (Å²) in [5.41, 5.74) is -0.994. The van der Waals surface area contributed by atoms with Crippen molar-refractivity contribution in [2.45, 2.75) is 45.3 Å². The van der Waals surface area contributed by atoms with Gasteiger partial charge in [0, 0.05) is 26.1 Å². The molecule has 1 unspecified atom stereocenters. The van der Waals surface area contributed by atoms with Crippen molar-refractivity contribution in [1.82, 2.24) is 10.2 Å². The van der Waals surface area contributed by atoms with Gasteiger partial charge in [0.25, 0.3) is 0 Å². The van der Waals surface area contributed by atoms with Gasteiger partial charge in [-0.15, -0.1) is 0 Å². The van der Waals surface area contributed by atoms with E-state index < -0.39 is 11.1 Å². The molecule has 5 nitrogen and oxygen atoms in total. The van der Waals surface area contributed by atoms with E-state index in [9.17, 15) is 9.59 Å². The van der Waals surface area contributed by atoms with Gasteiger partial charge in [-0.2, -0.15) is 0 Å². The van der Waals surface area contributed by atoms with Gasteiger partial charge in [-0.3, -0.25) is 4.90 Å². The van der Waals surface area contributed by atoms with Crippen molar-refractivity contribution in [3.8, 4) is 0 Å². The molecular formula is C12H22N2O3. The Morgan fingerprint density at radius 1 is 1.53 bits per heavy atom. The first-order valence-corrected chi connectivity index (χ1v) is 5.93. The Morgan fingerprint density at radius 3 is 2.71 bits per heavy atom. The molecule has 1 atom stereocenters. The minimum absolute atomic E-state index is 0.319. The third-order valence-corrected chi connectivity index (χ3v) is 2.81. The highest BCUT2D eigenvalue weighted by molar-refractivity contribution is 5.70. The van der Waals surface area contributed by atoms with E-state index in [-0.39, 0.29) is 6.09 Å². The molecule has 0 bridgehead atoms. The number of ether oxygens (including phenoxy) is 1. The molecule has 1 amide bonds. The minimum atomic E-state index is -0.510. The number of aldehydes is 1. The van der Waals surface area contributed by atoms with Crippen LogP contribution in [0, 0.1) is 0 Å². The normalized spacial score (nSPS) is 25.5. The monoisotopic (exact) mass is 242 g/mol. The highest BCUT2D eigenvalue weighted by Gasteiger charge is 2.39. The quantitative estimate of drug-likeness (QED) is 0.739. The first-order chi connectivity index (χ1) is 7.78. The molecule has 0 radical (unpaired) electrons. The zero-order chi connectivity index (χ0) is 13.1. The van der Waals surface area contributed by atoms with Crippen LogP contribution >= 0.6 is 0 Å². The highest BCUT2D eigenvalue weighted by atomic mass is 16.6. The Bertz CT molecular complexity index is 299. The highest BCUT2D eigenvalue weighted by Crippen LogP contribution is 2.23. The van der Waals surface area contributed by atoms with E-state index in [0.717, 1.165) is 12.8 Å². The predicted molar refractivity (Wildman–Crippen MR) is 64.9 cm³/mol. The molecule has 5 heteroatoms.